The van der Waals surface area contributed by atoms with Gasteiger partial charge in [-0.2, -0.15) is 4.99 Å². The normalized spacial score (nSPS) is 17.1. The van der Waals surface area contributed by atoms with E-state index in [9.17, 15) is 14.9 Å². The molecule has 2 aromatic rings. The molecule has 0 radical (unpaired) electrons. The van der Waals surface area contributed by atoms with Crippen molar-refractivity contribution >= 4 is 35.0 Å². The van der Waals surface area contributed by atoms with Crippen LogP contribution in [0.4, 0.5) is 17.1 Å². The lowest BCUT2D eigenvalue weighted by Gasteiger charge is -2.14. The Kier molecular flexibility index (Phi) is 2.96. The Hall–Kier alpha value is -3.48. The zero-order chi connectivity index (χ0) is 16.8. The van der Waals surface area contributed by atoms with Gasteiger partial charge in [-0.1, -0.05) is 12.1 Å². The van der Waals surface area contributed by atoms with Crippen molar-refractivity contribution in [3.8, 4) is 0 Å². The second kappa shape index (κ2) is 5.02. The number of anilines is 2. The first-order valence-electron chi connectivity index (χ1n) is 7.28. The topological polar surface area (TPSA) is 79.0 Å². The Bertz CT molecular complexity index is 931. The molecule has 2 aliphatic rings. The molecule has 7 nitrogen and oxygen atoms in total. The number of guanidine groups is 1. The van der Waals surface area contributed by atoms with Crippen LogP contribution in [0.2, 0.25) is 0 Å². The van der Waals surface area contributed by atoms with Gasteiger partial charge in [-0.3, -0.25) is 19.8 Å². The van der Waals surface area contributed by atoms with Crippen LogP contribution in [0.5, 0.6) is 0 Å². The number of hydrogen-bond donors (Lipinski definition) is 0. The van der Waals surface area contributed by atoms with Crippen LogP contribution in [0.15, 0.2) is 59.2 Å². The lowest BCUT2D eigenvalue weighted by atomic mass is 10.1. The van der Waals surface area contributed by atoms with E-state index in [-0.39, 0.29) is 11.6 Å². The molecule has 0 aromatic heterocycles. The van der Waals surface area contributed by atoms with Gasteiger partial charge in [0.2, 0.25) is 5.96 Å². The number of non-ortho nitro benzene ring substituents is 1. The second-order valence-corrected chi connectivity index (χ2v) is 5.48. The van der Waals surface area contributed by atoms with Crippen LogP contribution in [-0.4, -0.2) is 23.8 Å². The third-order valence-electron chi connectivity index (χ3n) is 4.05. The molecule has 1 amide bonds. The number of amides is 1. The Morgan fingerprint density at radius 2 is 1.75 bits per heavy atom. The van der Waals surface area contributed by atoms with Gasteiger partial charge in [0.1, 0.15) is 5.70 Å². The Morgan fingerprint density at radius 3 is 2.42 bits per heavy atom. The van der Waals surface area contributed by atoms with Gasteiger partial charge in [-0.05, 0) is 35.9 Å². The van der Waals surface area contributed by atoms with E-state index in [4.69, 9.17) is 0 Å². The Labute approximate surface area is 137 Å². The van der Waals surface area contributed by atoms with Gasteiger partial charge >= 0.3 is 0 Å². The van der Waals surface area contributed by atoms with Crippen LogP contribution in [0.25, 0.3) is 6.08 Å². The summed E-state index contributed by atoms with van der Waals surface area (Å²) in [5, 5.41) is 10.7. The number of rotatable bonds is 2. The summed E-state index contributed by atoms with van der Waals surface area (Å²) in [7, 11) is 1.86. The predicted octanol–water partition coefficient (Wildman–Crippen LogP) is 2.79. The number of carbonyl (C=O) groups is 1. The van der Waals surface area contributed by atoms with Crippen LogP contribution < -0.4 is 9.80 Å². The van der Waals surface area contributed by atoms with Gasteiger partial charge in [0.15, 0.2) is 0 Å². The fourth-order valence-corrected chi connectivity index (χ4v) is 2.89. The molecular weight excluding hydrogens is 308 g/mol. The number of para-hydroxylation sites is 2. The fourth-order valence-electron chi connectivity index (χ4n) is 2.89. The van der Waals surface area contributed by atoms with Gasteiger partial charge in [0.25, 0.3) is 11.6 Å². The molecule has 0 saturated heterocycles. The second-order valence-electron chi connectivity index (χ2n) is 5.48. The molecule has 7 heteroatoms. The van der Waals surface area contributed by atoms with Gasteiger partial charge < -0.3 is 4.90 Å². The van der Waals surface area contributed by atoms with Crippen LogP contribution in [0.3, 0.4) is 0 Å². The molecule has 0 fully saturated rings. The van der Waals surface area contributed by atoms with Crippen LogP contribution in [0.1, 0.15) is 5.56 Å². The SMILES string of the molecule is CN1C2=NC(=O)/C(=C/c3ccc([N+](=O)[O-])cc3)N2c2ccccc21. The van der Waals surface area contributed by atoms with E-state index in [2.05, 4.69) is 4.99 Å². The minimum Gasteiger partial charge on any atom is -0.313 e. The van der Waals surface area contributed by atoms with Crippen molar-refractivity contribution in [2.24, 2.45) is 4.99 Å². The molecule has 4 rings (SSSR count). The third-order valence-corrected chi connectivity index (χ3v) is 4.05. The predicted molar refractivity (Wildman–Crippen MR) is 90.8 cm³/mol. The minimum absolute atomic E-state index is 0.0121. The molecule has 0 aliphatic carbocycles. The highest BCUT2D eigenvalue weighted by molar-refractivity contribution is 6.30. The number of nitro groups is 1. The zero-order valence-corrected chi connectivity index (χ0v) is 12.7. The average molecular weight is 320 g/mol. The summed E-state index contributed by atoms with van der Waals surface area (Å²) in [6.07, 6.45) is 1.69. The average Bonchev–Trinajstić information content (AvgIpc) is 3.04. The lowest BCUT2D eigenvalue weighted by Crippen LogP contribution is -2.31. The highest BCUT2D eigenvalue weighted by Gasteiger charge is 2.40. The van der Waals surface area contributed by atoms with Crippen molar-refractivity contribution in [2.45, 2.75) is 0 Å². The van der Waals surface area contributed by atoms with Crippen molar-refractivity contribution in [1.82, 2.24) is 0 Å². The van der Waals surface area contributed by atoms with E-state index in [1.807, 2.05) is 36.2 Å². The van der Waals surface area contributed by atoms with Gasteiger partial charge in [0, 0.05) is 19.2 Å². The molecule has 0 atom stereocenters. The number of fused-ring (bicyclic) bond motifs is 3. The van der Waals surface area contributed by atoms with Gasteiger partial charge in [-0.25, -0.2) is 0 Å². The zero-order valence-electron chi connectivity index (χ0n) is 12.7. The number of hydrogen-bond acceptors (Lipinski definition) is 5. The fraction of sp³-hybridized carbons (Fsp3) is 0.0588. The van der Waals surface area contributed by atoms with E-state index in [1.165, 1.54) is 12.1 Å². The number of carbonyl (C=O) groups excluding carboxylic acids is 1. The molecule has 0 unspecified atom stereocenters. The quantitative estimate of drug-likeness (QED) is 0.483. The smallest absolute Gasteiger partial charge is 0.297 e. The first-order chi connectivity index (χ1) is 11.6. The highest BCUT2D eigenvalue weighted by Crippen LogP contribution is 2.41. The maximum absolute atomic E-state index is 12.3. The van der Waals surface area contributed by atoms with Crippen LogP contribution in [0, 0.1) is 10.1 Å². The van der Waals surface area contributed by atoms with Crippen LogP contribution in [-0.2, 0) is 4.79 Å². The van der Waals surface area contributed by atoms with Crippen LogP contribution >= 0.6 is 0 Å². The molecule has 0 saturated carbocycles. The summed E-state index contributed by atoms with van der Waals surface area (Å²) in [5.41, 5.74) is 3.00. The monoisotopic (exact) mass is 320 g/mol. The number of nitro benzene ring substituents is 1. The summed E-state index contributed by atoms with van der Waals surface area (Å²) in [6.45, 7) is 0. The summed E-state index contributed by atoms with van der Waals surface area (Å²) >= 11 is 0. The summed E-state index contributed by atoms with van der Waals surface area (Å²) in [4.78, 5) is 30.4. The van der Waals surface area contributed by atoms with Crippen molar-refractivity contribution in [2.75, 3.05) is 16.8 Å². The number of nitrogens with zero attached hydrogens (tertiary/aromatic N) is 4. The molecule has 0 N–H and O–H groups in total. The molecule has 2 heterocycles. The molecule has 2 aliphatic heterocycles. The maximum atomic E-state index is 12.3. The van der Waals surface area contributed by atoms with Crippen molar-refractivity contribution in [1.29, 1.82) is 0 Å². The molecule has 118 valence electrons. The Balaban J connectivity index is 1.77. The lowest BCUT2D eigenvalue weighted by molar-refractivity contribution is -0.384. The van der Waals surface area contributed by atoms with E-state index in [0.29, 0.717) is 17.2 Å². The van der Waals surface area contributed by atoms with E-state index < -0.39 is 4.92 Å². The molecular formula is C17H12N4O3. The first-order valence-corrected chi connectivity index (χ1v) is 7.28. The highest BCUT2D eigenvalue weighted by atomic mass is 16.6. The van der Waals surface area contributed by atoms with Crippen molar-refractivity contribution in [3.05, 3.63) is 69.9 Å². The van der Waals surface area contributed by atoms with Gasteiger partial charge in [-0.15, -0.1) is 0 Å². The van der Waals surface area contributed by atoms with Crippen molar-refractivity contribution < 1.29 is 9.72 Å². The van der Waals surface area contributed by atoms with E-state index in [0.717, 1.165) is 11.4 Å². The summed E-state index contributed by atoms with van der Waals surface area (Å²) in [6, 6.07) is 13.8. The summed E-state index contributed by atoms with van der Waals surface area (Å²) < 4.78 is 0. The molecule has 0 spiro atoms. The molecule has 2 aromatic carbocycles. The van der Waals surface area contributed by atoms with Crippen molar-refractivity contribution in [3.63, 3.8) is 0 Å². The number of aliphatic imine (C=N–C) groups is 1. The standard InChI is InChI=1S/C17H12N4O3/c1-19-13-4-2-3-5-14(13)20-15(16(22)18-17(19)20)10-11-6-8-12(9-7-11)21(23)24/h2-10H,1H3/b15-10-. The molecule has 24 heavy (non-hydrogen) atoms. The summed E-state index contributed by atoms with van der Waals surface area (Å²) in [5.74, 6) is 0.235. The first kappa shape index (κ1) is 14.1. The largest absolute Gasteiger partial charge is 0.313 e. The number of benzene rings is 2. The maximum Gasteiger partial charge on any atom is 0.297 e. The minimum atomic E-state index is -0.454. The van der Waals surface area contributed by atoms with E-state index >= 15 is 0 Å². The van der Waals surface area contributed by atoms with E-state index in [1.54, 1.807) is 23.1 Å². The Morgan fingerprint density at radius 1 is 1.08 bits per heavy atom. The third kappa shape index (κ3) is 1.98. The molecule has 0 bridgehead atoms. The van der Waals surface area contributed by atoms with Gasteiger partial charge in [0.05, 0.1) is 16.3 Å².